The summed E-state index contributed by atoms with van der Waals surface area (Å²) in [5.74, 6) is -0.256. The Balaban J connectivity index is 1.82. The average molecular weight is 374 g/mol. The number of aromatic nitrogens is 3. The van der Waals surface area contributed by atoms with Crippen molar-refractivity contribution >= 4 is 16.9 Å². The van der Waals surface area contributed by atoms with Crippen molar-refractivity contribution in [2.24, 2.45) is 7.05 Å². The molecule has 0 radical (unpaired) electrons. The molecule has 0 aliphatic heterocycles. The molecular weight excluding hydrogens is 357 g/mol. The fraction of sp³-hybridized carbons (Fsp3) is 0.316. The zero-order chi connectivity index (χ0) is 19.2. The molecule has 2 aromatic heterocycles. The molecule has 5 nitrogen and oxygen atoms in total. The minimum atomic E-state index is -4.45. The van der Waals surface area contributed by atoms with Crippen molar-refractivity contribution in [2.45, 2.75) is 31.5 Å². The largest absolute Gasteiger partial charge is 0.416 e. The van der Waals surface area contributed by atoms with Crippen molar-refractivity contribution in [3.8, 4) is 11.3 Å². The molecule has 0 saturated heterocycles. The number of carbonyl (C=O) groups is 1. The Labute approximate surface area is 153 Å². The van der Waals surface area contributed by atoms with E-state index in [9.17, 15) is 18.0 Å². The van der Waals surface area contributed by atoms with Crippen molar-refractivity contribution in [3.63, 3.8) is 0 Å². The summed E-state index contributed by atoms with van der Waals surface area (Å²) in [6, 6.07) is 6.62. The molecule has 1 aromatic carbocycles. The van der Waals surface area contributed by atoms with E-state index < -0.39 is 11.7 Å². The van der Waals surface area contributed by atoms with Crippen molar-refractivity contribution in [3.05, 3.63) is 47.7 Å². The van der Waals surface area contributed by atoms with Crippen LogP contribution in [0.5, 0.6) is 0 Å². The van der Waals surface area contributed by atoms with Gasteiger partial charge < -0.3 is 5.32 Å². The van der Waals surface area contributed by atoms with Gasteiger partial charge in [0.25, 0.3) is 5.91 Å². The summed E-state index contributed by atoms with van der Waals surface area (Å²) in [7, 11) is 1.68. The van der Waals surface area contributed by atoms with Gasteiger partial charge in [-0.3, -0.25) is 9.48 Å². The van der Waals surface area contributed by atoms with Crippen LogP contribution in [-0.4, -0.2) is 26.7 Å². The molecule has 8 heteroatoms. The number of halogens is 3. The average Bonchev–Trinajstić information content (AvgIpc) is 2.98. The van der Waals surface area contributed by atoms with E-state index >= 15 is 0 Å². The standard InChI is InChI=1S/C19H17F3N4O/c1-26-17-15(10-23-26)14(18(27)24-13-6-3-7-13)9-16(25-17)11-4-2-5-12(8-11)19(20,21)22/h2,4-5,8-10,13H,3,6-7H2,1H3,(H,24,27). The van der Waals surface area contributed by atoms with Crippen LogP contribution in [0.15, 0.2) is 36.5 Å². The molecule has 1 saturated carbocycles. The summed E-state index contributed by atoms with van der Waals surface area (Å²) < 4.78 is 40.7. The van der Waals surface area contributed by atoms with E-state index in [2.05, 4.69) is 15.4 Å². The normalized spacial score (nSPS) is 15.0. The van der Waals surface area contributed by atoms with E-state index in [1.165, 1.54) is 16.8 Å². The van der Waals surface area contributed by atoms with Crippen molar-refractivity contribution in [1.82, 2.24) is 20.1 Å². The second kappa shape index (κ2) is 6.37. The molecule has 0 atom stereocenters. The minimum absolute atomic E-state index is 0.148. The molecular formula is C19H17F3N4O. The zero-order valence-electron chi connectivity index (χ0n) is 14.5. The first-order valence-corrected chi connectivity index (χ1v) is 8.64. The van der Waals surface area contributed by atoms with E-state index in [1.54, 1.807) is 19.3 Å². The first-order chi connectivity index (χ1) is 12.8. The van der Waals surface area contributed by atoms with E-state index in [4.69, 9.17) is 0 Å². The number of amides is 1. The molecule has 4 rings (SSSR count). The third-order valence-electron chi connectivity index (χ3n) is 4.88. The summed E-state index contributed by atoms with van der Waals surface area (Å²) in [5.41, 5.74) is 0.657. The summed E-state index contributed by atoms with van der Waals surface area (Å²) >= 11 is 0. The highest BCUT2D eigenvalue weighted by Gasteiger charge is 2.31. The smallest absolute Gasteiger partial charge is 0.349 e. The quantitative estimate of drug-likeness (QED) is 0.756. The number of nitrogens with zero attached hydrogens (tertiary/aromatic N) is 3. The van der Waals surface area contributed by atoms with E-state index in [1.807, 2.05) is 0 Å². The number of rotatable bonds is 3. The van der Waals surface area contributed by atoms with Crippen molar-refractivity contribution < 1.29 is 18.0 Å². The lowest BCUT2D eigenvalue weighted by molar-refractivity contribution is -0.137. The van der Waals surface area contributed by atoms with Gasteiger partial charge in [-0.15, -0.1) is 0 Å². The Morgan fingerprint density at radius 1 is 1.26 bits per heavy atom. The topological polar surface area (TPSA) is 59.8 Å². The molecule has 1 amide bonds. The van der Waals surface area contributed by atoms with Crippen LogP contribution in [0.3, 0.4) is 0 Å². The summed E-state index contributed by atoms with van der Waals surface area (Å²) in [5, 5.41) is 7.68. The first-order valence-electron chi connectivity index (χ1n) is 8.64. The lowest BCUT2D eigenvalue weighted by Gasteiger charge is -2.26. The van der Waals surface area contributed by atoms with Crippen LogP contribution in [0, 0.1) is 0 Å². The van der Waals surface area contributed by atoms with Crippen LogP contribution in [0.4, 0.5) is 13.2 Å². The Morgan fingerprint density at radius 3 is 2.70 bits per heavy atom. The number of fused-ring (bicyclic) bond motifs is 1. The Kier molecular flexibility index (Phi) is 4.13. The number of nitrogens with one attached hydrogen (secondary N) is 1. The molecule has 1 fully saturated rings. The molecule has 1 N–H and O–H groups in total. The maximum atomic E-state index is 13.0. The van der Waals surface area contributed by atoms with E-state index in [-0.39, 0.29) is 11.9 Å². The molecule has 0 unspecified atom stereocenters. The molecule has 0 bridgehead atoms. The van der Waals surface area contributed by atoms with Crippen LogP contribution in [0.25, 0.3) is 22.3 Å². The highest BCUT2D eigenvalue weighted by molar-refractivity contribution is 6.06. The van der Waals surface area contributed by atoms with Gasteiger partial charge in [0.2, 0.25) is 0 Å². The van der Waals surface area contributed by atoms with Crippen LogP contribution >= 0.6 is 0 Å². The van der Waals surface area contributed by atoms with E-state index in [0.717, 1.165) is 31.4 Å². The Hall–Kier alpha value is -2.90. The number of carbonyl (C=O) groups excluding carboxylic acids is 1. The highest BCUT2D eigenvalue weighted by Crippen LogP contribution is 2.33. The van der Waals surface area contributed by atoms with Gasteiger partial charge in [0.05, 0.1) is 28.4 Å². The van der Waals surface area contributed by atoms with Crippen LogP contribution in [-0.2, 0) is 13.2 Å². The maximum absolute atomic E-state index is 13.0. The molecule has 0 spiro atoms. The predicted octanol–water partition coefficient (Wildman–Crippen LogP) is 3.94. The van der Waals surface area contributed by atoms with E-state index in [0.29, 0.717) is 27.9 Å². The van der Waals surface area contributed by atoms with Gasteiger partial charge in [0.1, 0.15) is 0 Å². The molecule has 3 aromatic rings. The second-order valence-electron chi connectivity index (χ2n) is 6.74. The first kappa shape index (κ1) is 17.5. The van der Waals surface area contributed by atoms with Gasteiger partial charge >= 0.3 is 6.18 Å². The van der Waals surface area contributed by atoms with Crippen molar-refractivity contribution in [2.75, 3.05) is 0 Å². The summed E-state index contributed by atoms with van der Waals surface area (Å²) in [6.07, 6.45) is 0.0606. The number of benzene rings is 1. The van der Waals surface area contributed by atoms with Gasteiger partial charge in [0.15, 0.2) is 5.65 Å². The summed E-state index contributed by atoms with van der Waals surface area (Å²) in [4.78, 5) is 17.2. The molecule has 140 valence electrons. The van der Waals surface area contributed by atoms with Crippen LogP contribution in [0.2, 0.25) is 0 Å². The lowest BCUT2D eigenvalue weighted by Crippen LogP contribution is -2.39. The number of hydrogen-bond acceptors (Lipinski definition) is 3. The predicted molar refractivity (Wildman–Crippen MR) is 94.1 cm³/mol. The Bertz CT molecular complexity index is 1020. The highest BCUT2D eigenvalue weighted by atomic mass is 19.4. The lowest BCUT2D eigenvalue weighted by atomic mass is 9.93. The number of hydrogen-bond donors (Lipinski definition) is 1. The fourth-order valence-electron chi connectivity index (χ4n) is 3.12. The second-order valence-corrected chi connectivity index (χ2v) is 6.74. The summed E-state index contributed by atoms with van der Waals surface area (Å²) in [6.45, 7) is 0. The Morgan fingerprint density at radius 2 is 2.04 bits per heavy atom. The molecule has 27 heavy (non-hydrogen) atoms. The third-order valence-corrected chi connectivity index (χ3v) is 4.88. The minimum Gasteiger partial charge on any atom is -0.349 e. The SMILES string of the molecule is Cn1ncc2c(C(=O)NC3CCC3)cc(-c3cccc(C(F)(F)F)c3)nc21. The fourth-order valence-corrected chi connectivity index (χ4v) is 3.12. The van der Waals surface area contributed by atoms with Crippen molar-refractivity contribution in [1.29, 1.82) is 0 Å². The van der Waals surface area contributed by atoms with Gasteiger partial charge in [-0.1, -0.05) is 12.1 Å². The number of pyridine rings is 1. The zero-order valence-corrected chi connectivity index (χ0v) is 14.5. The van der Waals surface area contributed by atoms with Crippen LogP contribution < -0.4 is 5.32 Å². The van der Waals surface area contributed by atoms with Gasteiger partial charge in [-0.05, 0) is 37.5 Å². The van der Waals surface area contributed by atoms with Gasteiger partial charge in [-0.25, -0.2) is 4.98 Å². The third kappa shape index (κ3) is 3.27. The number of alkyl halides is 3. The van der Waals surface area contributed by atoms with Gasteiger partial charge in [-0.2, -0.15) is 18.3 Å². The maximum Gasteiger partial charge on any atom is 0.416 e. The molecule has 1 aliphatic carbocycles. The monoisotopic (exact) mass is 374 g/mol. The molecule has 2 heterocycles. The van der Waals surface area contributed by atoms with Crippen LogP contribution in [0.1, 0.15) is 35.2 Å². The van der Waals surface area contributed by atoms with Gasteiger partial charge in [0, 0.05) is 18.7 Å². The number of aryl methyl sites for hydroxylation is 1. The molecule has 1 aliphatic rings.